The molecule has 0 aliphatic carbocycles. The monoisotopic (exact) mass is 526 g/mol. The Morgan fingerprint density at radius 1 is 0.872 bits per heavy atom. The molecule has 6 rings (SSSR count). The van der Waals surface area contributed by atoms with Crippen LogP contribution < -0.4 is 24.7 Å². The van der Waals surface area contributed by atoms with Crippen LogP contribution in [0.2, 0.25) is 0 Å². The number of nitrogens with one attached hydrogen (secondary N) is 1. The van der Waals surface area contributed by atoms with E-state index in [-0.39, 0.29) is 0 Å². The number of hydrogen-bond acceptors (Lipinski definition) is 9. The van der Waals surface area contributed by atoms with Gasteiger partial charge >= 0.3 is 0 Å². The Labute approximate surface area is 228 Å². The molecule has 0 unspecified atom stereocenters. The van der Waals surface area contributed by atoms with Crippen LogP contribution in [-0.2, 0) is 6.54 Å². The molecule has 0 spiro atoms. The maximum atomic E-state index is 5.98. The highest BCUT2D eigenvalue weighted by atomic mass is 16.5. The zero-order valence-corrected chi connectivity index (χ0v) is 22.3. The van der Waals surface area contributed by atoms with Crippen LogP contribution in [0.4, 0.5) is 17.8 Å². The molecule has 0 bridgehead atoms. The highest BCUT2D eigenvalue weighted by Crippen LogP contribution is 2.24. The van der Waals surface area contributed by atoms with Crippen LogP contribution in [0, 0.1) is 0 Å². The molecule has 2 aliphatic heterocycles. The second kappa shape index (κ2) is 11.6. The number of hydrazone groups is 1. The molecule has 2 aliphatic rings. The lowest BCUT2D eigenvalue weighted by atomic mass is 10.2. The Hall–Kier alpha value is -4.34. The molecule has 0 radical (unpaired) electrons. The Morgan fingerprint density at radius 3 is 2.28 bits per heavy atom. The lowest BCUT2D eigenvalue weighted by Crippen LogP contribution is -2.25. The third-order valence-corrected chi connectivity index (χ3v) is 7.22. The van der Waals surface area contributed by atoms with Crippen LogP contribution in [0.3, 0.4) is 0 Å². The number of methoxy groups -OCH3 is 1. The van der Waals surface area contributed by atoms with Crippen molar-refractivity contribution in [1.82, 2.24) is 19.5 Å². The minimum Gasteiger partial charge on any atom is -0.497 e. The number of aromatic nitrogens is 4. The Balaban J connectivity index is 1.18. The summed E-state index contributed by atoms with van der Waals surface area (Å²) in [6.45, 7) is 5.15. The zero-order valence-electron chi connectivity index (χ0n) is 22.3. The number of para-hydroxylation sites is 1. The van der Waals surface area contributed by atoms with Crippen molar-refractivity contribution in [3.8, 4) is 11.5 Å². The number of anilines is 3. The van der Waals surface area contributed by atoms with E-state index in [1.54, 1.807) is 7.11 Å². The van der Waals surface area contributed by atoms with Gasteiger partial charge in [0.2, 0.25) is 17.8 Å². The molecule has 0 saturated carbocycles. The summed E-state index contributed by atoms with van der Waals surface area (Å²) in [5, 5.41) is 5.66. The molecule has 202 valence electrons. The van der Waals surface area contributed by atoms with Crippen molar-refractivity contribution in [1.29, 1.82) is 0 Å². The smallest absolute Gasteiger partial charge is 0.250 e. The zero-order chi connectivity index (χ0) is 26.4. The maximum Gasteiger partial charge on any atom is 0.250 e. The van der Waals surface area contributed by atoms with Gasteiger partial charge in [-0.05, 0) is 43.9 Å². The van der Waals surface area contributed by atoms with E-state index in [2.05, 4.69) is 53.2 Å². The van der Waals surface area contributed by atoms with Gasteiger partial charge in [0.05, 0.1) is 19.9 Å². The number of ether oxygens (including phenoxy) is 2. The average molecular weight is 527 g/mol. The normalized spacial score (nSPS) is 15.5. The van der Waals surface area contributed by atoms with Crippen LogP contribution in [0.15, 0.2) is 59.8 Å². The molecule has 4 heterocycles. The highest BCUT2D eigenvalue weighted by molar-refractivity contribution is 5.99. The van der Waals surface area contributed by atoms with Crippen molar-refractivity contribution in [2.75, 3.05) is 55.1 Å². The third kappa shape index (κ3) is 5.74. The van der Waals surface area contributed by atoms with E-state index in [0.29, 0.717) is 19.1 Å². The highest BCUT2D eigenvalue weighted by Gasteiger charge is 2.21. The summed E-state index contributed by atoms with van der Waals surface area (Å²) in [7, 11) is 1.66. The van der Waals surface area contributed by atoms with Gasteiger partial charge in [-0.1, -0.05) is 24.3 Å². The topological polar surface area (TPSA) is 92.9 Å². The molecule has 2 aromatic heterocycles. The summed E-state index contributed by atoms with van der Waals surface area (Å²) in [6.07, 6.45) is 8.60. The molecule has 10 heteroatoms. The van der Waals surface area contributed by atoms with Gasteiger partial charge in [-0.3, -0.25) is 0 Å². The van der Waals surface area contributed by atoms with Crippen molar-refractivity contribution >= 4 is 35.0 Å². The Kier molecular flexibility index (Phi) is 7.42. The van der Waals surface area contributed by atoms with E-state index >= 15 is 0 Å². The molecule has 0 atom stereocenters. The van der Waals surface area contributed by atoms with E-state index in [4.69, 9.17) is 14.5 Å². The van der Waals surface area contributed by atoms with Gasteiger partial charge in [0, 0.05) is 54.9 Å². The standard InChI is InChI=1S/C29H34N8O2/c1-38-23-9-8-10-24(19-23)39-18-17-37-21-22(25-11-2-3-12-26(25)37)20-30-34-27-31-28(35-13-4-5-14-35)33-29(32-27)36-15-6-7-16-36/h2-3,8-12,19-21H,4-7,13-18H2,1H3,(H,31,32,33,34). The second-order valence-electron chi connectivity index (χ2n) is 9.84. The van der Waals surface area contributed by atoms with Crippen LogP contribution in [0.1, 0.15) is 31.2 Å². The van der Waals surface area contributed by atoms with E-state index < -0.39 is 0 Å². The molecule has 0 amide bonds. The molecule has 10 nitrogen and oxygen atoms in total. The Bertz CT molecular complexity index is 1410. The fourth-order valence-electron chi connectivity index (χ4n) is 5.20. The Morgan fingerprint density at radius 2 is 1.56 bits per heavy atom. The minimum atomic E-state index is 0.473. The first kappa shape index (κ1) is 25.0. The van der Waals surface area contributed by atoms with E-state index in [1.165, 1.54) is 25.7 Å². The third-order valence-electron chi connectivity index (χ3n) is 7.22. The van der Waals surface area contributed by atoms with Crippen LogP contribution in [-0.4, -0.2) is 65.6 Å². The summed E-state index contributed by atoms with van der Waals surface area (Å²) >= 11 is 0. The van der Waals surface area contributed by atoms with Crippen molar-refractivity contribution < 1.29 is 9.47 Å². The lowest BCUT2D eigenvalue weighted by molar-refractivity contribution is 0.298. The quantitative estimate of drug-likeness (QED) is 0.238. The number of nitrogens with zero attached hydrogens (tertiary/aromatic N) is 7. The van der Waals surface area contributed by atoms with E-state index in [1.807, 2.05) is 42.6 Å². The van der Waals surface area contributed by atoms with Crippen molar-refractivity contribution in [2.45, 2.75) is 32.2 Å². The SMILES string of the molecule is COc1cccc(OCCn2cc(C=NNc3nc(N4CCCC4)nc(N4CCCC4)n3)c3ccccc32)c1. The van der Waals surface area contributed by atoms with Crippen molar-refractivity contribution in [2.24, 2.45) is 5.10 Å². The molecule has 39 heavy (non-hydrogen) atoms. The number of benzene rings is 2. The van der Waals surface area contributed by atoms with E-state index in [0.717, 1.165) is 66.0 Å². The summed E-state index contributed by atoms with van der Waals surface area (Å²) in [4.78, 5) is 18.6. The fourth-order valence-corrected chi connectivity index (χ4v) is 5.20. The van der Waals surface area contributed by atoms with Gasteiger partial charge in [0.15, 0.2) is 0 Å². The van der Waals surface area contributed by atoms with Gasteiger partial charge < -0.3 is 23.8 Å². The van der Waals surface area contributed by atoms with Gasteiger partial charge in [-0.15, -0.1) is 0 Å². The molecular formula is C29H34N8O2. The van der Waals surface area contributed by atoms with Gasteiger partial charge in [0.1, 0.15) is 18.1 Å². The first-order valence-electron chi connectivity index (χ1n) is 13.7. The molecule has 1 N–H and O–H groups in total. The fraction of sp³-hybridized carbons (Fsp3) is 0.379. The largest absolute Gasteiger partial charge is 0.497 e. The number of fused-ring (bicyclic) bond motifs is 1. The summed E-state index contributed by atoms with van der Waals surface area (Å²) in [5.74, 6) is 3.50. The van der Waals surface area contributed by atoms with Gasteiger partial charge in [-0.25, -0.2) is 5.43 Å². The predicted octanol–water partition coefficient (Wildman–Crippen LogP) is 4.56. The predicted molar refractivity (Wildman–Crippen MR) is 154 cm³/mol. The average Bonchev–Trinajstić information content (AvgIpc) is 3.76. The molecule has 2 aromatic carbocycles. The van der Waals surface area contributed by atoms with Crippen LogP contribution in [0.5, 0.6) is 11.5 Å². The molecule has 2 saturated heterocycles. The van der Waals surface area contributed by atoms with Crippen LogP contribution in [0.25, 0.3) is 10.9 Å². The van der Waals surface area contributed by atoms with Crippen molar-refractivity contribution in [3.63, 3.8) is 0 Å². The summed E-state index contributed by atoms with van der Waals surface area (Å²) < 4.78 is 13.5. The van der Waals surface area contributed by atoms with Crippen LogP contribution >= 0.6 is 0 Å². The summed E-state index contributed by atoms with van der Waals surface area (Å²) in [6, 6.07) is 16.0. The maximum absolute atomic E-state index is 5.98. The van der Waals surface area contributed by atoms with Gasteiger partial charge in [0.25, 0.3) is 0 Å². The van der Waals surface area contributed by atoms with E-state index in [9.17, 15) is 0 Å². The number of hydrogen-bond donors (Lipinski definition) is 1. The first-order chi connectivity index (χ1) is 19.3. The minimum absolute atomic E-state index is 0.473. The lowest BCUT2D eigenvalue weighted by Gasteiger charge is -2.20. The summed E-state index contributed by atoms with van der Waals surface area (Å²) in [5.41, 5.74) is 5.21. The van der Waals surface area contributed by atoms with Gasteiger partial charge in [-0.2, -0.15) is 20.1 Å². The van der Waals surface area contributed by atoms with Crippen molar-refractivity contribution in [3.05, 3.63) is 60.3 Å². The first-order valence-corrected chi connectivity index (χ1v) is 13.7. The molecule has 2 fully saturated rings. The number of rotatable bonds is 10. The second-order valence-corrected chi connectivity index (χ2v) is 9.84. The molecular weight excluding hydrogens is 492 g/mol. The molecule has 4 aromatic rings.